The molecule has 0 fully saturated rings. The van der Waals surface area contributed by atoms with Gasteiger partial charge in [-0.3, -0.25) is 4.79 Å². The Kier molecular flexibility index (Phi) is 3.01. The van der Waals surface area contributed by atoms with Crippen LogP contribution in [0.1, 0.15) is 12.5 Å². The topological polar surface area (TPSA) is 42.0 Å². The lowest BCUT2D eigenvalue weighted by Gasteiger charge is -2.07. The van der Waals surface area contributed by atoms with Gasteiger partial charge >= 0.3 is 0 Å². The summed E-state index contributed by atoms with van der Waals surface area (Å²) >= 11 is 1.56. The Balaban J connectivity index is 2.39. The molecule has 0 aliphatic carbocycles. The zero-order valence-corrected chi connectivity index (χ0v) is 9.97. The van der Waals surface area contributed by atoms with Gasteiger partial charge in [0.15, 0.2) is 0 Å². The number of aromatic nitrogens is 1. The first-order valence-electron chi connectivity index (χ1n) is 4.93. The van der Waals surface area contributed by atoms with Crippen LogP contribution in [0.15, 0.2) is 29.1 Å². The molecule has 0 unspecified atom stereocenters. The highest BCUT2D eigenvalue weighted by molar-refractivity contribution is 7.07. The number of hydrogen-bond donors (Lipinski definition) is 1. The van der Waals surface area contributed by atoms with Gasteiger partial charge in [-0.1, -0.05) is 12.1 Å². The molecule has 1 aromatic heterocycles. The summed E-state index contributed by atoms with van der Waals surface area (Å²) in [7, 11) is 0. The minimum atomic E-state index is -0.0569. The lowest BCUT2D eigenvalue weighted by atomic mass is 10.1. The summed E-state index contributed by atoms with van der Waals surface area (Å²) in [6.07, 6.45) is 0. The van der Waals surface area contributed by atoms with Gasteiger partial charge in [0.2, 0.25) is 5.91 Å². The molecule has 0 saturated heterocycles. The molecule has 0 aliphatic rings. The lowest BCUT2D eigenvalue weighted by molar-refractivity contribution is -0.114. The molecule has 1 N–H and O–H groups in total. The van der Waals surface area contributed by atoms with E-state index in [0.717, 1.165) is 22.5 Å². The molecule has 16 heavy (non-hydrogen) atoms. The van der Waals surface area contributed by atoms with Crippen LogP contribution in [0, 0.1) is 6.92 Å². The SMILES string of the molecule is CC(=O)Nc1cc(-c2cscn2)ccc1C. The Morgan fingerprint density at radius 3 is 2.88 bits per heavy atom. The van der Waals surface area contributed by atoms with Crippen LogP contribution in [0.4, 0.5) is 5.69 Å². The molecule has 1 heterocycles. The van der Waals surface area contributed by atoms with Crippen molar-refractivity contribution < 1.29 is 4.79 Å². The van der Waals surface area contributed by atoms with Crippen molar-refractivity contribution in [2.75, 3.05) is 5.32 Å². The minimum absolute atomic E-state index is 0.0569. The summed E-state index contributed by atoms with van der Waals surface area (Å²) in [4.78, 5) is 15.3. The lowest BCUT2D eigenvalue weighted by Crippen LogP contribution is -2.07. The van der Waals surface area contributed by atoms with Gasteiger partial charge in [0, 0.05) is 23.6 Å². The molecule has 0 saturated carbocycles. The van der Waals surface area contributed by atoms with Gasteiger partial charge in [-0.15, -0.1) is 11.3 Å². The number of amides is 1. The van der Waals surface area contributed by atoms with Gasteiger partial charge in [0.05, 0.1) is 11.2 Å². The fraction of sp³-hybridized carbons (Fsp3) is 0.167. The molecule has 2 aromatic rings. The van der Waals surface area contributed by atoms with E-state index in [-0.39, 0.29) is 5.91 Å². The van der Waals surface area contributed by atoms with E-state index in [1.165, 1.54) is 6.92 Å². The molecule has 1 amide bonds. The van der Waals surface area contributed by atoms with Crippen LogP contribution in [-0.2, 0) is 4.79 Å². The third-order valence-electron chi connectivity index (χ3n) is 2.28. The van der Waals surface area contributed by atoms with Crippen molar-refractivity contribution in [3.05, 3.63) is 34.7 Å². The summed E-state index contributed by atoms with van der Waals surface area (Å²) in [6, 6.07) is 5.95. The summed E-state index contributed by atoms with van der Waals surface area (Å²) in [5, 5.41) is 4.80. The fourth-order valence-corrected chi connectivity index (χ4v) is 2.02. The second-order valence-electron chi connectivity index (χ2n) is 3.58. The average molecular weight is 232 g/mol. The average Bonchev–Trinajstić information content (AvgIpc) is 2.73. The molecule has 1 aromatic carbocycles. The third-order valence-corrected chi connectivity index (χ3v) is 2.86. The van der Waals surface area contributed by atoms with E-state index in [4.69, 9.17) is 0 Å². The van der Waals surface area contributed by atoms with E-state index in [0.29, 0.717) is 0 Å². The minimum Gasteiger partial charge on any atom is -0.326 e. The monoisotopic (exact) mass is 232 g/mol. The second kappa shape index (κ2) is 4.45. The number of carbonyl (C=O) groups is 1. The van der Waals surface area contributed by atoms with Crippen molar-refractivity contribution in [2.45, 2.75) is 13.8 Å². The molecular weight excluding hydrogens is 220 g/mol. The summed E-state index contributed by atoms with van der Waals surface area (Å²) in [5.74, 6) is -0.0569. The molecular formula is C12H12N2OS. The molecule has 2 rings (SSSR count). The van der Waals surface area contributed by atoms with Crippen molar-refractivity contribution in [3.63, 3.8) is 0 Å². The number of rotatable bonds is 2. The molecule has 3 nitrogen and oxygen atoms in total. The van der Waals surface area contributed by atoms with E-state index in [9.17, 15) is 4.79 Å². The van der Waals surface area contributed by atoms with Gasteiger partial charge in [-0.25, -0.2) is 4.98 Å². The quantitative estimate of drug-likeness (QED) is 0.864. The van der Waals surface area contributed by atoms with E-state index < -0.39 is 0 Å². The van der Waals surface area contributed by atoms with E-state index in [1.54, 1.807) is 16.8 Å². The van der Waals surface area contributed by atoms with Gasteiger partial charge < -0.3 is 5.32 Å². The van der Waals surface area contributed by atoms with Crippen LogP contribution >= 0.6 is 11.3 Å². The number of anilines is 1. The predicted molar refractivity (Wildman–Crippen MR) is 66.6 cm³/mol. The van der Waals surface area contributed by atoms with E-state index in [1.807, 2.05) is 30.5 Å². The second-order valence-corrected chi connectivity index (χ2v) is 4.30. The third kappa shape index (κ3) is 2.28. The van der Waals surface area contributed by atoms with E-state index in [2.05, 4.69) is 10.3 Å². The molecule has 0 spiro atoms. The maximum absolute atomic E-state index is 11.0. The van der Waals surface area contributed by atoms with Crippen LogP contribution in [0.2, 0.25) is 0 Å². The Bertz CT molecular complexity index is 506. The van der Waals surface area contributed by atoms with Crippen LogP contribution in [0.3, 0.4) is 0 Å². The Hall–Kier alpha value is -1.68. The zero-order valence-electron chi connectivity index (χ0n) is 9.15. The molecule has 0 bridgehead atoms. The molecule has 0 radical (unpaired) electrons. The van der Waals surface area contributed by atoms with Crippen molar-refractivity contribution >= 4 is 22.9 Å². The zero-order chi connectivity index (χ0) is 11.5. The highest BCUT2D eigenvalue weighted by atomic mass is 32.1. The highest BCUT2D eigenvalue weighted by Gasteiger charge is 2.04. The molecule has 0 aliphatic heterocycles. The Labute approximate surface area is 98.2 Å². The summed E-state index contributed by atoms with van der Waals surface area (Å²) < 4.78 is 0. The predicted octanol–water partition coefficient (Wildman–Crippen LogP) is 3.08. The van der Waals surface area contributed by atoms with Crippen LogP contribution in [0.25, 0.3) is 11.3 Å². The van der Waals surface area contributed by atoms with Crippen LogP contribution < -0.4 is 5.32 Å². The van der Waals surface area contributed by atoms with E-state index >= 15 is 0 Å². The van der Waals surface area contributed by atoms with Crippen molar-refractivity contribution in [2.24, 2.45) is 0 Å². The van der Waals surface area contributed by atoms with Gasteiger partial charge in [-0.05, 0) is 18.6 Å². The smallest absolute Gasteiger partial charge is 0.221 e. The molecule has 0 atom stereocenters. The van der Waals surface area contributed by atoms with Gasteiger partial charge in [-0.2, -0.15) is 0 Å². The van der Waals surface area contributed by atoms with Crippen molar-refractivity contribution in [3.8, 4) is 11.3 Å². The largest absolute Gasteiger partial charge is 0.326 e. The molecule has 4 heteroatoms. The van der Waals surface area contributed by atoms with Gasteiger partial charge in [0.25, 0.3) is 0 Å². The molecule has 82 valence electrons. The first-order valence-corrected chi connectivity index (χ1v) is 5.88. The number of thiazole rings is 1. The first-order chi connectivity index (χ1) is 7.66. The van der Waals surface area contributed by atoms with Crippen molar-refractivity contribution in [1.82, 2.24) is 4.98 Å². The Morgan fingerprint density at radius 1 is 1.44 bits per heavy atom. The number of carbonyl (C=O) groups excluding carboxylic acids is 1. The fourth-order valence-electron chi connectivity index (χ4n) is 1.46. The van der Waals surface area contributed by atoms with Crippen LogP contribution in [-0.4, -0.2) is 10.9 Å². The number of hydrogen-bond acceptors (Lipinski definition) is 3. The highest BCUT2D eigenvalue weighted by Crippen LogP contribution is 2.25. The normalized spacial score (nSPS) is 10.1. The van der Waals surface area contributed by atoms with Crippen molar-refractivity contribution in [1.29, 1.82) is 0 Å². The first kappa shape index (κ1) is 10.8. The number of nitrogens with zero attached hydrogens (tertiary/aromatic N) is 1. The summed E-state index contributed by atoms with van der Waals surface area (Å²) in [5.41, 5.74) is 5.66. The van der Waals surface area contributed by atoms with Gasteiger partial charge in [0.1, 0.15) is 0 Å². The maximum atomic E-state index is 11.0. The number of aryl methyl sites for hydroxylation is 1. The number of benzene rings is 1. The number of nitrogens with one attached hydrogen (secondary N) is 1. The maximum Gasteiger partial charge on any atom is 0.221 e. The van der Waals surface area contributed by atoms with Crippen LogP contribution in [0.5, 0.6) is 0 Å². The Morgan fingerprint density at radius 2 is 2.25 bits per heavy atom. The summed E-state index contributed by atoms with van der Waals surface area (Å²) in [6.45, 7) is 3.48. The standard InChI is InChI=1S/C12H12N2OS/c1-8-3-4-10(12-6-16-7-13-12)5-11(8)14-9(2)15/h3-7H,1-2H3,(H,14,15).